The Morgan fingerprint density at radius 3 is 2.42 bits per heavy atom. The fourth-order valence-corrected chi connectivity index (χ4v) is 3.82. The van der Waals surface area contributed by atoms with Crippen LogP contribution >= 0.6 is 11.3 Å². The van der Waals surface area contributed by atoms with Crippen LogP contribution in [0.2, 0.25) is 0 Å². The molecule has 5 nitrogen and oxygen atoms in total. The van der Waals surface area contributed by atoms with E-state index in [-0.39, 0.29) is 13.2 Å². The van der Waals surface area contributed by atoms with Crippen molar-refractivity contribution in [2.45, 2.75) is 12.6 Å². The highest BCUT2D eigenvalue weighted by Gasteiger charge is 2.42. The predicted octanol–water partition coefficient (Wildman–Crippen LogP) is 4.95. The first-order chi connectivity index (χ1) is 15.7. The number of alkyl halides is 3. The van der Waals surface area contributed by atoms with Gasteiger partial charge < -0.3 is 9.47 Å². The van der Waals surface area contributed by atoms with E-state index in [1.165, 1.54) is 17.5 Å². The number of nitrogens with zero attached hydrogens (tertiary/aromatic N) is 1. The molecule has 0 aliphatic heterocycles. The van der Waals surface area contributed by atoms with Crippen LogP contribution in [0.3, 0.4) is 0 Å². The van der Waals surface area contributed by atoms with Gasteiger partial charge in [0.05, 0.1) is 6.54 Å². The molecule has 0 bridgehead atoms. The zero-order chi connectivity index (χ0) is 23.8. The van der Waals surface area contributed by atoms with Crippen molar-refractivity contribution in [1.82, 2.24) is 4.90 Å². The standard InChI is InChI=1S/C24H22F3NO4S/c1-28(16-22(29)32-23(30)24(25,26)27)11-12-31-20-10-9-18(14-17-6-3-2-4-7-17)15-19(20)21-8-5-13-33-21/h2-10,13,15H,11-12,14,16H2,1H3. The van der Waals surface area contributed by atoms with E-state index >= 15 is 0 Å². The highest BCUT2D eigenvalue weighted by Crippen LogP contribution is 2.34. The predicted molar refractivity (Wildman–Crippen MR) is 119 cm³/mol. The Balaban J connectivity index is 1.60. The number of likely N-dealkylation sites (N-methyl/N-ethyl adjacent to an activating group) is 1. The van der Waals surface area contributed by atoms with Crippen molar-refractivity contribution in [3.05, 3.63) is 77.2 Å². The normalized spacial score (nSPS) is 11.4. The molecular formula is C24H22F3NO4S. The van der Waals surface area contributed by atoms with Crippen molar-refractivity contribution < 1.29 is 32.2 Å². The summed E-state index contributed by atoms with van der Waals surface area (Å²) in [4.78, 5) is 24.7. The number of rotatable bonds is 9. The van der Waals surface area contributed by atoms with E-state index in [1.54, 1.807) is 11.3 Å². The third-order valence-corrected chi connectivity index (χ3v) is 5.55. The minimum Gasteiger partial charge on any atom is -0.492 e. The first-order valence-electron chi connectivity index (χ1n) is 10.1. The van der Waals surface area contributed by atoms with Crippen LogP contribution in [-0.4, -0.2) is 49.8 Å². The number of ether oxygens (including phenoxy) is 2. The smallest absolute Gasteiger partial charge is 0.491 e. The maximum Gasteiger partial charge on any atom is 0.491 e. The van der Waals surface area contributed by atoms with E-state index in [0.29, 0.717) is 5.75 Å². The van der Waals surface area contributed by atoms with E-state index in [0.717, 1.165) is 22.4 Å². The molecule has 3 rings (SSSR count). The quantitative estimate of drug-likeness (QED) is 0.323. The van der Waals surface area contributed by atoms with Crippen molar-refractivity contribution in [2.75, 3.05) is 26.7 Å². The third-order valence-electron chi connectivity index (χ3n) is 4.65. The van der Waals surface area contributed by atoms with Crippen LogP contribution in [0.5, 0.6) is 5.75 Å². The number of thiophene rings is 1. The van der Waals surface area contributed by atoms with Crippen molar-refractivity contribution in [3.63, 3.8) is 0 Å². The minimum absolute atomic E-state index is 0.188. The van der Waals surface area contributed by atoms with Crippen molar-refractivity contribution in [3.8, 4) is 16.2 Å². The summed E-state index contributed by atoms with van der Waals surface area (Å²) in [5, 5.41) is 1.98. The van der Waals surface area contributed by atoms with Gasteiger partial charge in [-0.3, -0.25) is 9.69 Å². The van der Waals surface area contributed by atoms with E-state index in [9.17, 15) is 22.8 Å². The van der Waals surface area contributed by atoms with Crippen LogP contribution in [0, 0.1) is 0 Å². The molecule has 2 aromatic carbocycles. The molecule has 0 N–H and O–H groups in total. The summed E-state index contributed by atoms with van der Waals surface area (Å²) in [6.07, 6.45) is -4.43. The number of hydrogen-bond acceptors (Lipinski definition) is 6. The molecule has 9 heteroatoms. The lowest BCUT2D eigenvalue weighted by Gasteiger charge is -2.17. The summed E-state index contributed by atoms with van der Waals surface area (Å²) < 4.78 is 46.3. The van der Waals surface area contributed by atoms with Gasteiger partial charge >= 0.3 is 18.1 Å². The largest absolute Gasteiger partial charge is 0.492 e. The average molecular weight is 478 g/mol. The fraction of sp³-hybridized carbons (Fsp3) is 0.250. The van der Waals surface area contributed by atoms with Gasteiger partial charge in [-0.1, -0.05) is 42.5 Å². The summed E-state index contributed by atoms with van der Waals surface area (Å²) in [5.41, 5.74) is 3.27. The van der Waals surface area contributed by atoms with Gasteiger partial charge in [-0.2, -0.15) is 13.2 Å². The molecule has 0 fully saturated rings. The van der Waals surface area contributed by atoms with E-state index in [1.807, 2.05) is 47.8 Å². The Labute approximate surface area is 193 Å². The summed E-state index contributed by atoms with van der Waals surface area (Å²) >= 11 is 1.59. The van der Waals surface area contributed by atoms with Gasteiger partial charge in [0.2, 0.25) is 0 Å². The van der Waals surface area contributed by atoms with Gasteiger partial charge in [0.15, 0.2) is 0 Å². The molecular weight excluding hydrogens is 455 g/mol. The molecule has 0 aliphatic carbocycles. The molecule has 0 unspecified atom stereocenters. The molecule has 0 radical (unpaired) electrons. The van der Waals surface area contributed by atoms with Gasteiger partial charge in [-0.25, -0.2) is 4.79 Å². The van der Waals surface area contributed by atoms with Crippen molar-refractivity contribution in [1.29, 1.82) is 0 Å². The lowest BCUT2D eigenvalue weighted by Crippen LogP contribution is -2.35. The molecule has 0 saturated carbocycles. The summed E-state index contributed by atoms with van der Waals surface area (Å²) in [7, 11) is 1.52. The monoisotopic (exact) mass is 477 g/mol. The highest BCUT2D eigenvalue weighted by atomic mass is 32.1. The topological polar surface area (TPSA) is 55.8 Å². The van der Waals surface area contributed by atoms with Gasteiger partial charge in [0.1, 0.15) is 12.4 Å². The number of benzene rings is 2. The van der Waals surface area contributed by atoms with E-state index in [4.69, 9.17) is 4.74 Å². The molecule has 33 heavy (non-hydrogen) atoms. The molecule has 0 spiro atoms. The van der Waals surface area contributed by atoms with E-state index < -0.39 is 24.7 Å². The van der Waals surface area contributed by atoms with Crippen LogP contribution in [0.15, 0.2) is 66.0 Å². The molecule has 0 aliphatic rings. The molecule has 1 aromatic heterocycles. The maximum atomic E-state index is 12.2. The third kappa shape index (κ3) is 7.44. The SMILES string of the molecule is CN(CCOc1ccc(Cc2ccccc2)cc1-c1cccs1)CC(=O)OC(=O)C(F)(F)F. The first-order valence-corrected chi connectivity index (χ1v) is 10.9. The van der Waals surface area contributed by atoms with Crippen LogP contribution in [0.25, 0.3) is 10.4 Å². The molecule has 0 atom stereocenters. The maximum absolute atomic E-state index is 12.2. The zero-order valence-corrected chi connectivity index (χ0v) is 18.6. The highest BCUT2D eigenvalue weighted by molar-refractivity contribution is 7.13. The lowest BCUT2D eigenvalue weighted by molar-refractivity contribution is -0.202. The van der Waals surface area contributed by atoms with Crippen LogP contribution in [0.4, 0.5) is 13.2 Å². The Bertz CT molecular complexity index is 1070. The molecule has 0 amide bonds. The second-order valence-corrected chi connectivity index (χ2v) is 8.26. The second kappa shape index (κ2) is 11.1. The summed E-state index contributed by atoms with van der Waals surface area (Å²) in [5.74, 6) is -3.13. The number of halogens is 3. The summed E-state index contributed by atoms with van der Waals surface area (Å²) in [6, 6.07) is 20.0. The Kier molecular flexibility index (Phi) is 8.24. The van der Waals surface area contributed by atoms with Crippen LogP contribution in [0.1, 0.15) is 11.1 Å². The number of hydrogen-bond donors (Lipinski definition) is 0. The molecule has 3 aromatic rings. The van der Waals surface area contributed by atoms with Crippen molar-refractivity contribution >= 4 is 23.3 Å². The summed E-state index contributed by atoms with van der Waals surface area (Å²) in [6.45, 7) is -0.0443. The lowest BCUT2D eigenvalue weighted by atomic mass is 10.0. The van der Waals surface area contributed by atoms with Crippen LogP contribution in [-0.2, 0) is 20.7 Å². The number of carbonyl (C=O) groups is 2. The fourth-order valence-electron chi connectivity index (χ4n) is 3.07. The minimum atomic E-state index is -5.21. The zero-order valence-electron chi connectivity index (χ0n) is 17.8. The van der Waals surface area contributed by atoms with Gasteiger partial charge in [-0.05, 0) is 48.2 Å². The average Bonchev–Trinajstić information content (AvgIpc) is 3.29. The molecule has 0 saturated heterocycles. The second-order valence-electron chi connectivity index (χ2n) is 7.32. The Hall–Kier alpha value is -3.17. The number of carbonyl (C=O) groups excluding carboxylic acids is 2. The van der Waals surface area contributed by atoms with Crippen molar-refractivity contribution in [2.24, 2.45) is 0 Å². The van der Waals surface area contributed by atoms with Gasteiger partial charge in [-0.15, -0.1) is 11.3 Å². The Morgan fingerprint density at radius 1 is 1.00 bits per heavy atom. The molecule has 1 heterocycles. The van der Waals surface area contributed by atoms with Gasteiger partial charge in [0, 0.05) is 17.0 Å². The Morgan fingerprint density at radius 2 is 1.76 bits per heavy atom. The number of esters is 2. The van der Waals surface area contributed by atoms with Gasteiger partial charge in [0.25, 0.3) is 0 Å². The first kappa shape index (κ1) is 24.5. The molecule has 174 valence electrons. The van der Waals surface area contributed by atoms with Crippen LogP contribution < -0.4 is 4.74 Å². The van der Waals surface area contributed by atoms with E-state index in [2.05, 4.69) is 22.9 Å².